The molecule has 1 heterocycles. The molecule has 0 aliphatic heterocycles. The summed E-state index contributed by atoms with van der Waals surface area (Å²) in [6.07, 6.45) is 4.05. The fraction of sp³-hybridized carbons (Fsp3) is 0.667. The van der Waals surface area contributed by atoms with E-state index in [1.165, 1.54) is 4.88 Å². The minimum Gasteiger partial charge on any atom is -0.253 e. The molecule has 0 aliphatic carbocycles. The van der Waals surface area contributed by atoms with Crippen LogP contribution < -0.4 is 0 Å². The van der Waals surface area contributed by atoms with Crippen molar-refractivity contribution in [3.05, 3.63) is 16.6 Å². The highest BCUT2D eigenvalue weighted by Gasteiger charge is 2.09. The number of hydrogen-bond acceptors (Lipinski definition) is 2. The van der Waals surface area contributed by atoms with Crippen LogP contribution in [0.3, 0.4) is 0 Å². The van der Waals surface area contributed by atoms with Gasteiger partial charge in [-0.1, -0.05) is 13.8 Å². The van der Waals surface area contributed by atoms with Crippen LogP contribution in [0, 0.1) is 5.92 Å². The van der Waals surface area contributed by atoms with Gasteiger partial charge in [-0.15, -0.1) is 22.9 Å². The van der Waals surface area contributed by atoms with Gasteiger partial charge in [-0.3, -0.25) is 4.98 Å². The fourth-order valence-corrected chi connectivity index (χ4v) is 1.70. The molecule has 0 aromatic carbocycles. The van der Waals surface area contributed by atoms with E-state index in [9.17, 15) is 0 Å². The molecule has 1 aromatic heterocycles. The monoisotopic (exact) mass is 203 g/mol. The number of alkyl halides is 1. The Morgan fingerprint density at radius 1 is 1.58 bits per heavy atom. The molecule has 0 amide bonds. The third-order valence-corrected chi connectivity index (χ3v) is 3.43. The number of thiazole rings is 1. The van der Waals surface area contributed by atoms with Gasteiger partial charge in [0, 0.05) is 16.5 Å². The number of aromatic nitrogens is 1. The Hall–Kier alpha value is -0.0800. The number of halogens is 1. The van der Waals surface area contributed by atoms with Gasteiger partial charge in [0.25, 0.3) is 0 Å². The summed E-state index contributed by atoms with van der Waals surface area (Å²) in [5, 5.41) is 0.298. The van der Waals surface area contributed by atoms with Crippen LogP contribution in [-0.2, 0) is 6.42 Å². The summed E-state index contributed by atoms with van der Waals surface area (Å²) >= 11 is 7.82. The standard InChI is InChI=1S/C9H14ClNS/c1-7(2)9(10)4-3-8-5-11-6-12-8/h5-7,9H,3-4H2,1-2H3. The Kier molecular flexibility index (Phi) is 4.02. The van der Waals surface area contributed by atoms with Crippen LogP contribution in [0.25, 0.3) is 0 Å². The molecule has 1 nitrogen and oxygen atoms in total. The average molecular weight is 204 g/mol. The molecule has 1 unspecified atom stereocenters. The zero-order valence-electron chi connectivity index (χ0n) is 7.46. The molecule has 3 heteroatoms. The van der Waals surface area contributed by atoms with Crippen LogP contribution in [0.2, 0.25) is 0 Å². The van der Waals surface area contributed by atoms with Crippen LogP contribution in [0.5, 0.6) is 0 Å². The van der Waals surface area contributed by atoms with Crippen molar-refractivity contribution >= 4 is 22.9 Å². The highest BCUT2D eigenvalue weighted by atomic mass is 35.5. The van der Waals surface area contributed by atoms with Gasteiger partial charge in [0.15, 0.2) is 0 Å². The van der Waals surface area contributed by atoms with Crippen molar-refractivity contribution in [2.45, 2.75) is 32.1 Å². The molecule has 0 fully saturated rings. The van der Waals surface area contributed by atoms with E-state index in [1.807, 2.05) is 11.7 Å². The number of hydrogen-bond donors (Lipinski definition) is 0. The predicted octanol–water partition coefficient (Wildman–Crippen LogP) is 3.34. The Balaban J connectivity index is 2.27. The van der Waals surface area contributed by atoms with E-state index in [0.29, 0.717) is 11.3 Å². The molecule has 1 aromatic rings. The zero-order chi connectivity index (χ0) is 8.97. The summed E-state index contributed by atoms with van der Waals surface area (Å²) in [4.78, 5) is 5.35. The first kappa shape index (κ1) is 10.0. The molecule has 68 valence electrons. The zero-order valence-corrected chi connectivity index (χ0v) is 9.03. The van der Waals surface area contributed by atoms with E-state index in [2.05, 4.69) is 18.8 Å². The predicted molar refractivity (Wildman–Crippen MR) is 54.9 cm³/mol. The molecule has 1 atom stereocenters. The van der Waals surface area contributed by atoms with Gasteiger partial charge in [0.05, 0.1) is 5.51 Å². The molecule has 0 bridgehead atoms. The van der Waals surface area contributed by atoms with Crippen LogP contribution >= 0.6 is 22.9 Å². The van der Waals surface area contributed by atoms with Gasteiger partial charge in [-0.25, -0.2) is 0 Å². The molecule has 0 saturated heterocycles. The average Bonchev–Trinajstić information content (AvgIpc) is 2.51. The molecule has 0 radical (unpaired) electrons. The summed E-state index contributed by atoms with van der Waals surface area (Å²) in [6, 6.07) is 0. The smallest absolute Gasteiger partial charge is 0.0794 e. The van der Waals surface area contributed by atoms with Crippen LogP contribution in [0.1, 0.15) is 25.1 Å². The van der Waals surface area contributed by atoms with Crippen molar-refractivity contribution in [3.63, 3.8) is 0 Å². The van der Waals surface area contributed by atoms with Crippen LogP contribution in [0.15, 0.2) is 11.7 Å². The largest absolute Gasteiger partial charge is 0.253 e. The lowest BCUT2D eigenvalue weighted by atomic mass is 10.1. The van der Waals surface area contributed by atoms with Crippen LogP contribution in [-0.4, -0.2) is 10.4 Å². The summed E-state index contributed by atoms with van der Waals surface area (Å²) in [7, 11) is 0. The summed E-state index contributed by atoms with van der Waals surface area (Å²) in [5.41, 5.74) is 1.87. The van der Waals surface area contributed by atoms with Crippen molar-refractivity contribution in [1.82, 2.24) is 4.98 Å². The first-order valence-corrected chi connectivity index (χ1v) is 5.53. The van der Waals surface area contributed by atoms with Crippen molar-refractivity contribution < 1.29 is 0 Å². The van der Waals surface area contributed by atoms with Gasteiger partial charge in [-0.05, 0) is 18.8 Å². The molecule has 12 heavy (non-hydrogen) atoms. The lowest BCUT2D eigenvalue weighted by Gasteiger charge is -2.11. The van der Waals surface area contributed by atoms with E-state index < -0.39 is 0 Å². The topological polar surface area (TPSA) is 12.9 Å². The minimum atomic E-state index is 0.298. The SMILES string of the molecule is CC(C)C(Cl)CCc1cncs1. The summed E-state index contributed by atoms with van der Waals surface area (Å²) in [5.74, 6) is 0.569. The quantitative estimate of drug-likeness (QED) is 0.685. The van der Waals surface area contributed by atoms with Crippen LogP contribution in [0.4, 0.5) is 0 Å². The molecule has 0 saturated carbocycles. The first-order chi connectivity index (χ1) is 5.70. The second kappa shape index (κ2) is 4.83. The summed E-state index contributed by atoms with van der Waals surface area (Å²) < 4.78 is 0. The van der Waals surface area contributed by atoms with Gasteiger partial charge in [0.1, 0.15) is 0 Å². The van der Waals surface area contributed by atoms with E-state index >= 15 is 0 Å². The molecule has 1 rings (SSSR count). The second-order valence-electron chi connectivity index (χ2n) is 3.27. The van der Waals surface area contributed by atoms with Gasteiger partial charge in [-0.2, -0.15) is 0 Å². The highest BCUT2D eigenvalue weighted by molar-refractivity contribution is 7.09. The Morgan fingerprint density at radius 3 is 2.83 bits per heavy atom. The molecular weight excluding hydrogens is 190 g/mol. The highest BCUT2D eigenvalue weighted by Crippen LogP contribution is 2.17. The first-order valence-electron chi connectivity index (χ1n) is 4.21. The minimum absolute atomic E-state index is 0.298. The van der Waals surface area contributed by atoms with E-state index in [1.54, 1.807) is 11.3 Å². The Labute approximate surface area is 82.8 Å². The number of rotatable bonds is 4. The lowest BCUT2D eigenvalue weighted by Crippen LogP contribution is -2.08. The van der Waals surface area contributed by atoms with Crippen molar-refractivity contribution in [2.24, 2.45) is 5.92 Å². The maximum absolute atomic E-state index is 6.12. The van der Waals surface area contributed by atoms with Gasteiger partial charge < -0.3 is 0 Å². The van der Waals surface area contributed by atoms with Crippen molar-refractivity contribution in [3.8, 4) is 0 Å². The Morgan fingerprint density at radius 2 is 2.33 bits per heavy atom. The summed E-state index contributed by atoms with van der Waals surface area (Å²) in [6.45, 7) is 4.31. The van der Waals surface area contributed by atoms with E-state index in [4.69, 9.17) is 11.6 Å². The third-order valence-electron chi connectivity index (χ3n) is 1.87. The second-order valence-corrected chi connectivity index (χ2v) is 4.80. The van der Waals surface area contributed by atoms with E-state index in [-0.39, 0.29) is 0 Å². The third kappa shape index (κ3) is 3.11. The lowest BCUT2D eigenvalue weighted by molar-refractivity contribution is 0.567. The van der Waals surface area contributed by atoms with Gasteiger partial charge >= 0.3 is 0 Å². The van der Waals surface area contributed by atoms with Gasteiger partial charge in [0.2, 0.25) is 0 Å². The van der Waals surface area contributed by atoms with Crippen molar-refractivity contribution in [1.29, 1.82) is 0 Å². The maximum atomic E-state index is 6.12. The molecule has 0 spiro atoms. The molecule has 0 N–H and O–H groups in total. The van der Waals surface area contributed by atoms with Crippen molar-refractivity contribution in [2.75, 3.05) is 0 Å². The number of aryl methyl sites for hydroxylation is 1. The fourth-order valence-electron chi connectivity index (χ4n) is 0.979. The maximum Gasteiger partial charge on any atom is 0.0794 e. The molecular formula is C9H14ClNS. The Bertz CT molecular complexity index is 208. The number of nitrogens with zero attached hydrogens (tertiary/aromatic N) is 1. The molecule has 0 aliphatic rings. The van der Waals surface area contributed by atoms with E-state index in [0.717, 1.165) is 12.8 Å². The normalized spacial score (nSPS) is 13.7.